The van der Waals surface area contributed by atoms with Gasteiger partial charge in [0, 0.05) is 37.4 Å². The van der Waals surface area contributed by atoms with Gasteiger partial charge >= 0.3 is 5.97 Å². The molecule has 4 saturated heterocycles. The fraction of sp³-hybridized carbons (Fsp3) is 0.708. The standard InChI is InChI=1S/C24H33N2O4/c1-4-13-14-10-17-21-24(15-8-6-7-9-16(15)25(21)3)11-18(20(14)22(24)28)26(17,23(13)29)12-19(27)30-5-2/h6-9,13-14,17-18,20-23,28-29H,4-5,10-12H2,1-3H3/q+1/t13-,14-,17+,18+,20+,21+,22-,23-,24+,26+/m1/s1. The molecule has 6 aliphatic rings. The maximum absolute atomic E-state index is 12.8. The first-order valence-corrected chi connectivity index (χ1v) is 11.6. The molecule has 7 rings (SSSR count). The van der Waals surface area contributed by atoms with E-state index in [0.717, 1.165) is 19.3 Å². The van der Waals surface area contributed by atoms with Gasteiger partial charge in [-0.05, 0) is 30.9 Å². The predicted octanol–water partition coefficient (Wildman–Crippen LogP) is 1.63. The van der Waals surface area contributed by atoms with Crippen molar-refractivity contribution in [1.29, 1.82) is 0 Å². The van der Waals surface area contributed by atoms with E-state index in [1.807, 2.05) is 6.92 Å². The molecule has 5 bridgehead atoms. The molecule has 5 heterocycles. The van der Waals surface area contributed by atoms with Crippen LogP contribution in [0.2, 0.25) is 0 Å². The highest BCUT2D eigenvalue weighted by molar-refractivity contribution is 5.71. The average Bonchev–Trinajstić information content (AvgIpc) is 3.11. The van der Waals surface area contributed by atoms with E-state index in [-0.39, 0.29) is 47.9 Å². The van der Waals surface area contributed by atoms with E-state index in [1.165, 1.54) is 11.3 Å². The molecule has 162 valence electrons. The smallest absolute Gasteiger partial charge is 0.361 e. The zero-order chi connectivity index (χ0) is 21.0. The third-order valence-corrected chi connectivity index (χ3v) is 9.83. The van der Waals surface area contributed by atoms with Crippen molar-refractivity contribution in [3.8, 4) is 0 Å². The Morgan fingerprint density at radius 3 is 2.77 bits per heavy atom. The van der Waals surface area contributed by atoms with Gasteiger partial charge < -0.3 is 19.8 Å². The van der Waals surface area contributed by atoms with E-state index in [1.54, 1.807) is 0 Å². The van der Waals surface area contributed by atoms with Crippen LogP contribution < -0.4 is 4.90 Å². The van der Waals surface area contributed by atoms with Crippen molar-refractivity contribution < 1.29 is 24.2 Å². The van der Waals surface area contributed by atoms with Crippen LogP contribution in [0.1, 0.15) is 38.7 Å². The maximum Gasteiger partial charge on any atom is 0.361 e. The SMILES string of the molecule is CCOC(=O)C[N@+]12[C@H](O)[C@H](CC)[C@H]3C[C@H]1[C@@H]1N(C)c4ccccc4[C@@]14C[C@H]2[C@H]3[C@H]4O. The number of esters is 1. The number of rotatable bonds is 4. The van der Waals surface area contributed by atoms with Gasteiger partial charge in [0.25, 0.3) is 0 Å². The lowest BCUT2D eigenvalue weighted by Gasteiger charge is -2.67. The van der Waals surface area contributed by atoms with Crippen molar-refractivity contribution >= 4 is 11.7 Å². The summed E-state index contributed by atoms with van der Waals surface area (Å²) in [5.41, 5.74) is 2.17. The van der Waals surface area contributed by atoms with Crippen molar-refractivity contribution in [3.05, 3.63) is 29.8 Å². The molecule has 5 aliphatic heterocycles. The molecule has 0 unspecified atom stereocenters. The summed E-state index contributed by atoms with van der Waals surface area (Å²) in [4.78, 5) is 15.2. The Hall–Kier alpha value is -1.63. The van der Waals surface area contributed by atoms with Crippen LogP contribution in [0.4, 0.5) is 5.69 Å². The third-order valence-electron chi connectivity index (χ3n) is 9.83. The molecule has 1 aromatic carbocycles. The predicted molar refractivity (Wildman–Crippen MR) is 112 cm³/mol. The Labute approximate surface area is 178 Å². The van der Waals surface area contributed by atoms with Crippen molar-refractivity contribution in [3.63, 3.8) is 0 Å². The number of hydrogen-bond donors (Lipinski definition) is 2. The number of para-hydroxylation sites is 1. The topological polar surface area (TPSA) is 70.0 Å². The first-order chi connectivity index (χ1) is 14.4. The lowest BCUT2D eigenvalue weighted by atomic mass is 9.60. The Morgan fingerprint density at radius 1 is 1.27 bits per heavy atom. The van der Waals surface area contributed by atoms with Crippen LogP contribution in [0.25, 0.3) is 0 Å². The molecule has 1 spiro atoms. The van der Waals surface area contributed by atoms with E-state index in [4.69, 9.17) is 4.74 Å². The quantitative estimate of drug-likeness (QED) is 0.580. The average molecular weight is 414 g/mol. The number of piperidine rings is 4. The molecule has 5 fully saturated rings. The number of anilines is 1. The molecular formula is C24H33N2O4+. The van der Waals surface area contributed by atoms with Gasteiger partial charge in [-0.3, -0.25) is 4.48 Å². The molecule has 10 atom stereocenters. The molecule has 6 nitrogen and oxygen atoms in total. The second kappa shape index (κ2) is 5.99. The summed E-state index contributed by atoms with van der Waals surface area (Å²) in [7, 11) is 2.14. The summed E-state index contributed by atoms with van der Waals surface area (Å²) < 4.78 is 5.81. The largest absolute Gasteiger partial charge is 0.462 e. The lowest BCUT2D eigenvalue weighted by molar-refractivity contribution is -1.03. The number of carbonyl (C=O) groups is 1. The lowest BCUT2D eigenvalue weighted by Crippen LogP contribution is -2.83. The Bertz CT molecular complexity index is 907. The number of aliphatic hydroxyl groups is 2. The number of benzene rings is 1. The molecule has 1 aromatic rings. The molecule has 0 amide bonds. The molecule has 1 aliphatic carbocycles. The highest BCUT2D eigenvalue weighted by atomic mass is 16.5. The minimum absolute atomic E-state index is 0.0954. The molecule has 0 aromatic heterocycles. The van der Waals surface area contributed by atoms with Crippen molar-refractivity contribution in [2.45, 2.75) is 69.0 Å². The van der Waals surface area contributed by atoms with Gasteiger partial charge in [0.1, 0.15) is 6.04 Å². The Balaban J connectivity index is 1.57. The summed E-state index contributed by atoms with van der Waals surface area (Å²) >= 11 is 0. The van der Waals surface area contributed by atoms with Gasteiger partial charge in [0.05, 0.1) is 30.2 Å². The van der Waals surface area contributed by atoms with Gasteiger partial charge in [-0.2, -0.15) is 0 Å². The normalized spacial score (nSPS) is 49.3. The zero-order valence-corrected chi connectivity index (χ0v) is 18.1. The minimum Gasteiger partial charge on any atom is -0.462 e. The Kier molecular flexibility index (Phi) is 3.81. The van der Waals surface area contributed by atoms with Gasteiger partial charge in [-0.25, -0.2) is 4.79 Å². The number of likely N-dealkylation sites (N-methyl/N-ethyl adjacent to an activating group) is 1. The highest BCUT2D eigenvalue weighted by Gasteiger charge is 2.83. The van der Waals surface area contributed by atoms with Gasteiger partial charge in [-0.1, -0.05) is 25.1 Å². The van der Waals surface area contributed by atoms with Crippen LogP contribution in [0.3, 0.4) is 0 Å². The van der Waals surface area contributed by atoms with Crippen molar-refractivity contribution in [2.75, 3.05) is 25.1 Å². The van der Waals surface area contributed by atoms with Crippen LogP contribution in [0, 0.1) is 17.8 Å². The van der Waals surface area contributed by atoms with E-state index >= 15 is 0 Å². The van der Waals surface area contributed by atoms with E-state index in [0.29, 0.717) is 17.0 Å². The molecule has 6 heteroatoms. The molecule has 0 radical (unpaired) electrons. The van der Waals surface area contributed by atoms with E-state index < -0.39 is 12.3 Å². The summed E-state index contributed by atoms with van der Waals surface area (Å²) in [6, 6.07) is 8.84. The number of ether oxygens (including phenoxy) is 1. The molecule has 1 saturated carbocycles. The fourth-order valence-electron chi connectivity index (χ4n) is 9.13. The van der Waals surface area contributed by atoms with Crippen molar-refractivity contribution in [2.24, 2.45) is 17.8 Å². The maximum atomic E-state index is 12.8. The monoisotopic (exact) mass is 413 g/mol. The molecule has 30 heavy (non-hydrogen) atoms. The van der Waals surface area contributed by atoms with E-state index in [2.05, 4.69) is 43.1 Å². The number of carbonyl (C=O) groups excluding carboxylic acids is 1. The van der Waals surface area contributed by atoms with Gasteiger partial charge in [0.15, 0.2) is 12.8 Å². The number of aliphatic hydroxyl groups excluding tert-OH is 2. The Morgan fingerprint density at radius 2 is 2.03 bits per heavy atom. The zero-order valence-electron chi connectivity index (χ0n) is 18.1. The van der Waals surface area contributed by atoms with E-state index in [9.17, 15) is 15.0 Å². The summed E-state index contributed by atoms with van der Waals surface area (Å²) in [6.45, 7) is 4.55. The van der Waals surface area contributed by atoms with Gasteiger partial charge in [0.2, 0.25) is 0 Å². The minimum atomic E-state index is -0.565. The summed E-state index contributed by atoms with van der Waals surface area (Å²) in [5, 5.41) is 23.7. The summed E-state index contributed by atoms with van der Waals surface area (Å²) in [6.07, 6.45) is 1.69. The second-order valence-electron chi connectivity index (χ2n) is 10.3. The second-order valence-corrected chi connectivity index (χ2v) is 10.3. The van der Waals surface area contributed by atoms with Crippen LogP contribution in [-0.2, 0) is 14.9 Å². The van der Waals surface area contributed by atoms with Crippen molar-refractivity contribution in [1.82, 2.24) is 0 Å². The number of quaternary nitrogens is 1. The fourth-order valence-corrected chi connectivity index (χ4v) is 9.13. The van der Waals surface area contributed by atoms with Crippen LogP contribution in [0.5, 0.6) is 0 Å². The first kappa shape index (κ1) is 19.1. The molecular weight excluding hydrogens is 380 g/mol. The van der Waals surface area contributed by atoms with Gasteiger partial charge in [-0.15, -0.1) is 0 Å². The third kappa shape index (κ3) is 1.83. The first-order valence-electron chi connectivity index (χ1n) is 11.6. The number of hydrogen-bond acceptors (Lipinski definition) is 5. The highest BCUT2D eigenvalue weighted by Crippen LogP contribution is 2.71. The number of nitrogens with zero attached hydrogens (tertiary/aromatic N) is 2. The van der Waals surface area contributed by atoms with Crippen LogP contribution >= 0.6 is 0 Å². The molecule has 2 N–H and O–H groups in total. The van der Waals surface area contributed by atoms with Crippen LogP contribution in [0.15, 0.2) is 24.3 Å². The number of fused-ring (bicyclic) bond motifs is 2. The van der Waals surface area contributed by atoms with Crippen LogP contribution in [-0.4, -0.2) is 71.3 Å². The summed E-state index contributed by atoms with van der Waals surface area (Å²) in [5.74, 6) is 0.361.